The van der Waals surface area contributed by atoms with Crippen molar-refractivity contribution in [1.82, 2.24) is 9.29 Å². The number of hydrogen-bond acceptors (Lipinski definition) is 5. The summed E-state index contributed by atoms with van der Waals surface area (Å²) in [6.07, 6.45) is 6.73. The second-order valence-corrected chi connectivity index (χ2v) is 8.35. The van der Waals surface area contributed by atoms with Gasteiger partial charge in [-0.15, -0.1) is 11.3 Å². The van der Waals surface area contributed by atoms with Gasteiger partial charge in [-0.2, -0.15) is 12.7 Å². The van der Waals surface area contributed by atoms with Gasteiger partial charge in [-0.1, -0.05) is 6.42 Å². The molecule has 3 rings (SSSR count). The van der Waals surface area contributed by atoms with Crippen molar-refractivity contribution in [3.63, 3.8) is 0 Å². The number of rotatable bonds is 4. The fraction of sp³-hybridized carbons (Fsp3) is 0.769. The van der Waals surface area contributed by atoms with Gasteiger partial charge >= 0.3 is 10.2 Å². The predicted octanol–water partition coefficient (Wildman–Crippen LogP) is 1.53. The van der Waals surface area contributed by atoms with E-state index < -0.39 is 10.2 Å². The van der Waals surface area contributed by atoms with Crippen LogP contribution in [-0.2, 0) is 23.1 Å². The van der Waals surface area contributed by atoms with E-state index in [0.717, 1.165) is 44.2 Å². The Morgan fingerprint density at radius 2 is 2.10 bits per heavy atom. The number of aromatic nitrogens is 1. The first-order valence-electron chi connectivity index (χ1n) is 7.49. The van der Waals surface area contributed by atoms with Crippen LogP contribution >= 0.6 is 11.3 Å². The van der Waals surface area contributed by atoms with Crippen LogP contribution in [0.4, 0.5) is 5.13 Å². The van der Waals surface area contributed by atoms with Gasteiger partial charge in [0.2, 0.25) is 0 Å². The second-order valence-electron chi connectivity index (χ2n) is 5.65. The second kappa shape index (κ2) is 6.20. The van der Waals surface area contributed by atoms with E-state index in [1.807, 2.05) is 0 Å². The minimum atomic E-state index is -3.63. The summed E-state index contributed by atoms with van der Waals surface area (Å²) in [4.78, 5) is 5.63. The molecule has 0 saturated carbocycles. The molecule has 0 bridgehead atoms. The SMILES string of the molecule is O=S(=O)(Nc1nc2c(s1)CCCC2)N1CCCCC1CO. The Balaban J connectivity index is 1.77. The van der Waals surface area contributed by atoms with Crippen LogP contribution in [0.3, 0.4) is 0 Å². The highest BCUT2D eigenvalue weighted by Crippen LogP contribution is 2.31. The molecule has 1 atom stereocenters. The zero-order valence-corrected chi connectivity index (χ0v) is 13.5. The summed E-state index contributed by atoms with van der Waals surface area (Å²) in [7, 11) is -3.63. The van der Waals surface area contributed by atoms with Crippen molar-refractivity contribution >= 4 is 26.7 Å². The molecule has 0 spiro atoms. The van der Waals surface area contributed by atoms with Gasteiger partial charge in [-0.3, -0.25) is 0 Å². The number of hydrogen-bond donors (Lipinski definition) is 2. The Bertz CT molecular complexity index is 576. The average molecular weight is 331 g/mol. The van der Waals surface area contributed by atoms with E-state index >= 15 is 0 Å². The molecule has 1 aromatic rings. The van der Waals surface area contributed by atoms with Gasteiger partial charge in [0.15, 0.2) is 5.13 Å². The number of aliphatic hydroxyl groups excluding tert-OH is 1. The fourth-order valence-electron chi connectivity index (χ4n) is 3.04. The highest BCUT2D eigenvalue weighted by molar-refractivity contribution is 7.90. The maximum atomic E-state index is 12.5. The van der Waals surface area contributed by atoms with Crippen molar-refractivity contribution in [3.05, 3.63) is 10.6 Å². The lowest BCUT2D eigenvalue weighted by Crippen LogP contribution is -2.47. The zero-order chi connectivity index (χ0) is 14.9. The van der Waals surface area contributed by atoms with Crippen molar-refractivity contribution in [2.24, 2.45) is 0 Å². The van der Waals surface area contributed by atoms with Crippen LogP contribution in [0.5, 0.6) is 0 Å². The molecule has 1 saturated heterocycles. The predicted molar refractivity (Wildman–Crippen MR) is 82.7 cm³/mol. The molecule has 0 radical (unpaired) electrons. The number of aliphatic hydroxyl groups is 1. The summed E-state index contributed by atoms with van der Waals surface area (Å²) in [6, 6.07) is -0.314. The minimum Gasteiger partial charge on any atom is -0.395 e. The van der Waals surface area contributed by atoms with Crippen molar-refractivity contribution in [1.29, 1.82) is 0 Å². The Hall–Kier alpha value is -0.700. The van der Waals surface area contributed by atoms with Crippen molar-refractivity contribution in [2.45, 2.75) is 51.0 Å². The van der Waals surface area contributed by atoms with Crippen molar-refractivity contribution in [2.75, 3.05) is 17.9 Å². The number of nitrogens with one attached hydrogen (secondary N) is 1. The molecule has 118 valence electrons. The first-order chi connectivity index (χ1) is 10.1. The number of anilines is 1. The molecule has 1 aromatic heterocycles. The molecule has 0 aromatic carbocycles. The monoisotopic (exact) mass is 331 g/mol. The molecule has 6 nitrogen and oxygen atoms in total. The molecule has 8 heteroatoms. The van der Waals surface area contributed by atoms with Crippen LogP contribution < -0.4 is 4.72 Å². The van der Waals surface area contributed by atoms with E-state index in [-0.39, 0.29) is 12.6 Å². The van der Waals surface area contributed by atoms with Gasteiger partial charge in [-0.05, 0) is 38.5 Å². The lowest BCUT2D eigenvalue weighted by molar-refractivity contribution is 0.156. The summed E-state index contributed by atoms with van der Waals surface area (Å²) in [5.41, 5.74) is 1.04. The number of aryl methyl sites for hydroxylation is 2. The molecular weight excluding hydrogens is 310 g/mol. The van der Waals surface area contributed by atoms with Gasteiger partial charge < -0.3 is 5.11 Å². The van der Waals surface area contributed by atoms with E-state index in [1.54, 1.807) is 0 Å². The molecule has 1 aliphatic carbocycles. The van der Waals surface area contributed by atoms with Gasteiger partial charge in [0.1, 0.15) is 0 Å². The maximum absolute atomic E-state index is 12.5. The highest BCUT2D eigenvalue weighted by atomic mass is 32.2. The molecule has 21 heavy (non-hydrogen) atoms. The van der Waals surface area contributed by atoms with E-state index in [4.69, 9.17) is 0 Å². The molecule has 1 aliphatic heterocycles. The molecule has 2 N–H and O–H groups in total. The molecule has 2 heterocycles. The Morgan fingerprint density at radius 3 is 2.86 bits per heavy atom. The molecular formula is C13H21N3O3S2. The smallest absolute Gasteiger partial charge is 0.303 e. The number of thiazole rings is 1. The van der Waals surface area contributed by atoms with E-state index in [9.17, 15) is 13.5 Å². The first-order valence-corrected chi connectivity index (χ1v) is 9.75. The van der Waals surface area contributed by atoms with E-state index in [2.05, 4.69) is 9.71 Å². The highest BCUT2D eigenvalue weighted by Gasteiger charge is 2.32. The summed E-state index contributed by atoms with van der Waals surface area (Å²) in [6.45, 7) is 0.334. The maximum Gasteiger partial charge on any atom is 0.303 e. The van der Waals surface area contributed by atoms with Crippen LogP contribution in [0.15, 0.2) is 0 Å². The zero-order valence-electron chi connectivity index (χ0n) is 11.9. The summed E-state index contributed by atoms with van der Waals surface area (Å²) >= 11 is 1.44. The number of piperidine rings is 1. The van der Waals surface area contributed by atoms with Crippen LogP contribution in [0.1, 0.15) is 42.7 Å². The molecule has 1 unspecified atom stereocenters. The number of nitrogens with zero attached hydrogens (tertiary/aromatic N) is 2. The van der Waals surface area contributed by atoms with Gasteiger partial charge in [0.25, 0.3) is 0 Å². The summed E-state index contributed by atoms with van der Waals surface area (Å²) < 4.78 is 29.0. The lowest BCUT2D eigenvalue weighted by atomic mass is 10.0. The van der Waals surface area contributed by atoms with Crippen molar-refractivity contribution in [3.8, 4) is 0 Å². The third kappa shape index (κ3) is 3.23. The Kier molecular flexibility index (Phi) is 4.49. The fourth-order valence-corrected chi connectivity index (χ4v) is 5.74. The third-order valence-electron chi connectivity index (χ3n) is 4.15. The largest absolute Gasteiger partial charge is 0.395 e. The molecule has 2 aliphatic rings. The van der Waals surface area contributed by atoms with Crippen LogP contribution in [0.2, 0.25) is 0 Å². The Labute approximate surface area is 129 Å². The van der Waals surface area contributed by atoms with E-state index in [0.29, 0.717) is 18.1 Å². The molecule has 0 amide bonds. The first kappa shape index (κ1) is 15.2. The third-order valence-corrected chi connectivity index (χ3v) is 6.91. The Morgan fingerprint density at radius 1 is 1.29 bits per heavy atom. The van der Waals surface area contributed by atoms with Gasteiger partial charge in [-0.25, -0.2) is 9.71 Å². The van der Waals surface area contributed by atoms with Crippen LogP contribution in [0.25, 0.3) is 0 Å². The topological polar surface area (TPSA) is 82.5 Å². The van der Waals surface area contributed by atoms with Gasteiger partial charge in [0.05, 0.1) is 12.3 Å². The average Bonchev–Trinajstić information content (AvgIpc) is 2.88. The van der Waals surface area contributed by atoms with Crippen LogP contribution in [-0.4, -0.2) is 42.0 Å². The standard InChI is InChI=1S/C13H21N3O3S2/c17-9-10-5-3-4-8-16(10)21(18,19)15-13-14-11-6-1-2-7-12(11)20-13/h10,17H,1-9H2,(H,14,15). The minimum absolute atomic E-state index is 0.130. The van der Waals surface area contributed by atoms with Crippen LogP contribution in [0, 0.1) is 0 Å². The quantitative estimate of drug-likeness (QED) is 0.876. The summed E-state index contributed by atoms with van der Waals surface area (Å²) in [5.74, 6) is 0. The van der Waals surface area contributed by atoms with Gasteiger partial charge in [0, 0.05) is 17.5 Å². The lowest BCUT2D eigenvalue weighted by Gasteiger charge is -2.33. The van der Waals surface area contributed by atoms with E-state index in [1.165, 1.54) is 20.5 Å². The summed E-state index contributed by atoms with van der Waals surface area (Å²) in [5, 5.41) is 9.84. The van der Waals surface area contributed by atoms with Crippen molar-refractivity contribution < 1.29 is 13.5 Å². The normalized spacial score (nSPS) is 23.8. The number of fused-ring (bicyclic) bond motifs is 1. The molecule has 1 fully saturated rings.